The molecule has 2 heterocycles. The highest BCUT2D eigenvalue weighted by molar-refractivity contribution is 8.00. The number of benzene rings is 4. The fourth-order valence-corrected chi connectivity index (χ4v) is 8.49. The summed E-state index contributed by atoms with van der Waals surface area (Å²) in [5.41, 5.74) is 14.7. The molecule has 0 spiro atoms. The normalized spacial score (nSPS) is 19.5. The van der Waals surface area contributed by atoms with Crippen LogP contribution in [0.5, 0.6) is 0 Å². The number of rotatable bonds is 3. The van der Waals surface area contributed by atoms with Gasteiger partial charge in [0.2, 0.25) is 0 Å². The van der Waals surface area contributed by atoms with Crippen LogP contribution >= 0.6 is 11.8 Å². The number of aryl methyl sites for hydroxylation is 1. The first-order valence-corrected chi connectivity index (χ1v) is 14.8. The molecule has 39 heavy (non-hydrogen) atoms. The highest BCUT2D eigenvalue weighted by Crippen LogP contribution is 2.60. The van der Waals surface area contributed by atoms with E-state index in [1.54, 1.807) is 0 Å². The van der Waals surface area contributed by atoms with E-state index in [1.807, 2.05) is 11.8 Å². The van der Waals surface area contributed by atoms with E-state index in [9.17, 15) is 0 Å². The van der Waals surface area contributed by atoms with Crippen molar-refractivity contribution in [3.05, 3.63) is 137 Å². The van der Waals surface area contributed by atoms with Crippen molar-refractivity contribution in [2.75, 3.05) is 0 Å². The molecule has 0 fully saturated rings. The molecular formula is C37H26OS. The molecule has 9 rings (SSSR count). The number of thioether (sulfide) groups is 1. The predicted molar refractivity (Wildman–Crippen MR) is 163 cm³/mol. The Morgan fingerprint density at radius 3 is 2.62 bits per heavy atom. The van der Waals surface area contributed by atoms with E-state index in [2.05, 4.69) is 109 Å². The van der Waals surface area contributed by atoms with Crippen molar-refractivity contribution in [2.24, 2.45) is 0 Å². The molecule has 3 aliphatic carbocycles. The molecule has 186 valence electrons. The molecular weight excluding hydrogens is 492 g/mol. The first-order valence-electron chi connectivity index (χ1n) is 13.9. The van der Waals surface area contributed by atoms with E-state index in [1.165, 1.54) is 65.9 Å². The zero-order chi connectivity index (χ0) is 25.5. The molecule has 5 aromatic rings. The minimum absolute atomic E-state index is 0.476. The SMILES string of the molecule is C1=CC2Sc3cc(-c4ccc(Cc5ccc6c7c(oc6c5)CCC=C7)cc4)cc4c3C2C(=C1)c1ccccc1-4. The van der Waals surface area contributed by atoms with Crippen LogP contribution in [0.1, 0.15) is 45.9 Å². The second-order valence-electron chi connectivity index (χ2n) is 11.1. The third kappa shape index (κ3) is 3.28. The predicted octanol–water partition coefficient (Wildman–Crippen LogP) is 9.84. The first kappa shape index (κ1) is 21.9. The summed E-state index contributed by atoms with van der Waals surface area (Å²) in [6.45, 7) is 0. The van der Waals surface area contributed by atoms with Gasteiger partial charge in [0.15, 0.2) is 0 Å². The molecule has 2 unspecified atom stereocenters. The lowest BCUT2D eigenvalue weighted by molar-refractivity contribution is 0.546. The Kier molecular flexibility index (Phi) is 4.62. The quantitative estimate of drug-likeness (QED) is 0.236. The van der Waals surface area contributed by atoms with Crippen LogP contribution in [-0.4, -0.2) is 5.25 Å². The van der Waals surface area contributed by atoms with Crippen LogP contribution < -0.4 is 0 Å². The average molecular weight is 519 g/mol. The lowest BCUT2D eigenvalue weighted by Gasteiger charge is -2.31. The Morgan fingerprint density at radius 1 is 0.821 bits per heavy atom. The van der Waals surface area contributed by atoms with E-state index in [0.29, 0.717) is 11.2 Å². The molecule has 2 atom stereocenters. The Bertz CT molecular complexity index is 1910. The van der Waals surface area contributed by atoms with Gasteiger partial charge in [0, 0.05) is 33.4 Å². The monoisotopic (exact) mass is 518 g/mol. The van der Waals surface area contributed by atoms with Crippen molar-refractivity contribution in [1.29, 1.82) is 0 Å². The van der Waals surface area contributed by atoms with Crippen LogP contribution in [0.15, 0.2) is 112 Å². The van der Waals surface area contributed by atoms with E-state index in [0.717, 1.165) is 30.6 Å². The summed E-state index contributed by atoms with van der Waals surface area (Å²) in [5.74, 6) is 1.61. The van der Waals surface area contributed by atoms with Gasteiger partial charge >= 0.3 is 0 Å². The first-order chi connectivity index (χ1) is 19.3. The largest absolute Gasteiger partial charge is 0.460 e. The van der Waals surface area contributed by atoms with Gasteiger partial charge in [-0.05, 0) is 81.1 Å². The van der Waals surface area contributed by atoms with Crippen LogP contribution in [0.25, 0.3) is 44.9 Å². The lowest BCUT2D eigenvalue weighted by Crippen LogP contribution is -2.17. The molecule has 0 N–H and O–H groups in total. The van der Waals surface area contributed by atoms with Gasteiger partial charge in [0.1, 0.15) is 11.3 Å². The highest BCUT2D eigenvalue weighted by Gasteiger charge is 2.41. The smallest absolute Gasteiger partial charge is 0.135 e. The number of hydrogen-bond acceptors (Lipinski definition) is 2. The van der Waals surface area contributed by atoms with Gasteiger partial charge in [0.05, 0.1) is 0 Å². The summed E-state index contributed by atoms with van der Waals surface area (Å²) in [4.78, 5) is 1.44. The fraction of sp³-hybridized carbons (Fsp3) is 0.135. The second kappa shape index (κ2) is 8.24. The van der Waals surface area contributed by atoms with Gasteiger partial charge in [0.25, 0.3) is 0 Å². The van der Waals surface area contributed by atoms with Gasteiger partial charge in [-0.2, -0.15) is 0 Å². The third-order valence-electron chi connectivity index (χ3n) is 8.87. The molecule has 0 saturated heterocycles. The summed E-state index contributed by atoms with van der Waals surface area (Å²) >= 11 is 2.03. The molecule has 0 radical (unpaired) electrons. The minimum Gasteiger partial charge on any atom is -0.460 e. The number of allylic oxidation sites excluding steroid dienone is 4. The average Bonchev–Trinajstić information content (AvgIpc) is 3.55. The molecule has 0 amide bonds. The van der Waals surface area contributed by atoms with E-state index < -0.39 is 0 Å². The maximum Gasteiger partial charge on any atom is 0.135 e. The summed E-state index contributed by atoms with van der Waals surface area (Å²) < 4.78 is 6.21. The van der Waals surface area contributed by atoms with Crippen molar-refractivity contribution in [1.82, 2.24) is 0 Å². The molecule has 0 saturated carbocycles. The third-order valence-corrected chi connectivity index (χ3v) is 10.2. The lowest BCUT2D eigenvalue weighted by atomic mass is 9.72. The second-order valence-corrected chi connectivity index (χ2v) is 12.4. The summed E-state index contributed by atoms with van der Waals surface area (Å²) in [6.07, 6.45) is 14.4. The Morgan fingerprint density at radius 2 is 1.69 bits per heavy atom. The van der Waals surface area contributed by atoms with Crippen LogP contribution in [-0.2, 0) is 12.8 Å². The summed E-state index contributed by atoms with van der Waals surface area (Å²) in [5, 5.41) is 1.73. The summed E-state index contributed by atoms with van der Waals surface area (Å²) in [6, 6.07) is 29.7. The van der Waals surface area contributed by atoms with Crippen molar-refractivity contribution in [2.45, 2.75) is 35.3 Å². The standard InChI is InChI=1S/C37H26OS/c1-2-7-27-26(6-1)30-9-5-11-34-36(30)37-31(27)20-25(21-35(37)39-34)24-15-12-22(13-16-24)18-23-14-17-29-28-8-3-4-10-32(28)38-33(29)19-23/h1-3,5-9,11-17,19-21,34,36H,4,10,18H2. The zero-order valence-corrected chi connectivity index (χ0v) is 22.3. The maximum absolute atomic E-state index is 6.21. The molecule has 2 heteroatoms. The van der Waals surface area contributed by atoms with E-state index in [4.69, 9.17) is 4.42 Å². The highest BCUT2D eigenvalue weighted by atomic mass is 32.2. The van der Waals surface area contributed by atoms with Crippen LogP contribution in [0.2, 0.25) is 0 Å². The van der Waals surface area contributed by atoms with Crippen molar-refractivity contribution < 1.29 is 4.42 Å². The zero-order valence-electron chi connectivity index (χ0n) is 21.5. The topological polar surface area (TPSA) is 13.1 Å². The van der Waals surface area contributed by atoms with Gasteiger partial charge < -0.3 is 4.42 Å². The number of fused-ring (bicyclic) bond motifs is 6. The minimum atomic E-state index is 0.476. The van der Waals surface area contributed by atoms with Crippen molar-refractivity contribution >= 4 is 34.4 Å². The molecule has 4 aromatic carbocycles. The summed E-state index contributed by atoms with van der Waals surface area (Å²) in [7, 11) is 0. The Labute approximate surface area is 232 Å². The fourth-order valence-electron chi connectivity index (χ4n) is 7.05. The molecule has 0 bridgehead atoms. The molecule has 4 aliphatic rings. The van der Waals surface area contributed by atoms with E-state index >= 15 is 0 Å². The molecule has 1 nitrogen and oxygen atoms in total. The van der Waals surface area contributed by atoms with Gasteiger partial charge in [-0.25, -0.2) is 0 Å². The van der Waals surface area contributed by atoms with Crippen molar-refractivity contribution in [3.8, 4) is 22.3 Å². The van der Waals surface area contributed by atoms with Crippen LogP contribution in [0, 0.1) is 0 Å². The van der Waals surface area contributed by atoms with Gasteiger partial charge in [-0.3, -0.25) is 0 Å². The number of furan rings is 1. The Hall–Kier alpha value is -4.01. The van der Waals surface area contributed by atoms with Crippen molar-refractivity contribution in [3.63, 3.8) is 0 Å². The van der Waals surface area contributed by atoms with Crippen LogP contribution in [0.4, 0.5) is 0 Å². The maximum atomic E-state index is 6.21. The molecule has 1 aromatic heterocycles. The number of hydrogen-bond donors (Lipinski definition) is 0. The van der Waals surface area contributed by atoms with Gasteiger partial charge in [-0.15, -0.1) is 11.8 Å². The van der Waals surface area contributed by atoms with Crippen LogP contribution in [0.3, 0.4) is 0 Å². The Balaban J connectivity index is 1.06. The molecule has 1 aliphatic heterocycles. The van der Waals surface area contributed by atoms with E-state index in [-0.39, 0.29) is 0 Å². The van der Waals surface area contributed by atoms with Gasteiger partial charge in [-0.1, -0.05) is 91.0 Å².